The van der Waals surface area contributed by atoms with Gasteiger partial charge in [0.25, 0.3) is 0 Å². The molecule has 1 saturated heterocycles. The maximum atomic E-state index is 13.5. The van der Waals surface area contributed by atoms with Gasteiger partial charge < -0.3 is 20.5 Å². The van der Waals surface area contributed by atoms with Crippen LogP contribution in [0.4, 0.5) is 29.1 Å². The summed E-state index contributed by atoms with van der Waals surface area (Å²) in [4.78, 5) is 25.7. The molecule has 1 fully saturated rings. The van der Waals surface area contributed by atoms with Crippen LogP contribution in [0.5, 0.6) is 0 Å². The highest BCUT2D eigenvalue weighted by Gasteiger charge is 2.31. The molecule has 0 spiro atoms. The van der Waals surface area contributed by atoms with E-state index in [0.717, 1.165) is 30.4 Å². The van der Waals surface area contributed by atoms with E-state index < -0.39 is 17.6 Å². The quantitative estimate of drug-likeness (QED) is 0.532. The summed E-state index contributed by atoms with van der Waals surface area (Å²) in [6.45, 7) is 0.732. The van der Waals surface area contributed by atoms with Crippen LogP contribution < -0.4 is 10.6 Å². The van der Waals surface area contributed by atoms with E-state index in [2.05, 4.69) is 25.6 Å². The van der Waals surface area contributed by atoms with Crippen LogP contribution in [0.25, 0.3) is 11.0 Å². The number of piperidine rings is 1. The maximum absolute atomic E-state index is 13.5. The van der Waals surface area contributed by atoms with Crippen molar-refractivity contribution in [2.24, 2.45) is 0 Å². The first-order valence-electron chi connectivity index (χ1n) is 9.73. The van der Waals surface area contributed by atoms with Gasteiger partial charge in [0.2, 0.25) is 5.91 Å². The molecule has 0 bridgehead atoms. The highest BCUT2D eigenvalue weighted by molar-refractivity contribution is 5.87. The Bertz CT molecular complexity index is 1080. The Morgan fingerprint density at radius 1 is 1.26 bits per heavy atom. The number of nitrogens with zero attached hydrogens (tertiary/aromatic N) is 3. The molecule has 0 radical (unpaired) electrons. The van der Waals surface area contributed by atoms with Crippen LogP contribution in [0.2, 0.25) is 0 Å². The van der Waals surface area contributed by atoms with Crippen LogP contribution in [0.1, 0.15) is 18.4 Å². The van der Waals surface area contributed by atoms with E-state index in [0.29, 0.717) is 30.6 Å². The van der Waals surface area contributed by atoms with Crippen LogP contribution in [0, 0.1) is 5.82 Å². The number of carbonyl (C=O) groups excluding carboxylic acids is 1. The van der Waals surface area contributed by atoms with E-state index in [1.54, 1.807) is 11.1 Å². The standard InChI is InChI=1S/C20H20F4N6O/c21-13-6-12(20(22,23)24)7-15(8-13)26-9-17(31)30-5-1-2-14(10-30)29-19-16-3-4-25-18(16)27-11-28-19/h3-4,6-8,11,14,26H,1-2,5,9-10H2,(H2,25,27,28,29)/t14-/m0/s1. The lowest BCUT2D eigenvalue weighted by Crippen LogP contribution is -2.47. The smallest absolute Gasteiger partial charge is 0.376 e. The summed E-state index contributed by atoms with van der Waals surface area (Å²) in [5, 5.41) is 6.79. The van der Waals surface area contributed by atoms with Gasteiger partial charge in [0.15, 0.2) is 0 Å². The van der Waals surface area contributed by atoms with Gasteiger partial charge in [-0.05, 0) is 37.1 Å². The van der Waals surface area contributed by atoms with Crippen molar-refractivity contribution < 1.29 is 22.4 Å². The number of halogens is 4. The molecular weight excluding hydrogens is 416 g/mol. The zero-order valence-electron chi connectivity index (χ0n) is 16.3. The van der Waals surface area contributed by atoms with Crippen LogP contribution in [0.15, 0.2) is 36.8 Å². The number of likely N-dealkylation sites (tertiary alicyclic amines) is 1. The summed E-state index contributed by atoms with van der Waals surface area (Å²) >= 11 is 0. The van der Waals surface area contributed by atoms with Crippen molar-refractivity contribution in [3.8, 4) is 0 Å². The molecule has 164 valence electrons. The van der Waals surface area contributed by atoms with Crippen LogP contribution in [-0.4, -0.2) is 51.4 Å². The fourth-order valence-corrected chi connectivity index (χ4v) is 3.65. The zero-order valence-corrected chi connectivity index (χ0v) is 16.3. The molecule has 3 aromatic rings. The fraction of sp³-hybridized carbons (Fsp3) is 0.350. The Morgan fingerprint density at radius 3 is 2.90 bits per heavy atom. The SMILES string of the molecule is O=C(CNc1cc(F)cc(C(F)(F)F)c1)N1CCC[C@H](Nc2ncnc3[nH]ccc23)C1. The molecule has 0 aliphatic carbocycles. The number of alkyl halides is 3. The van der Waals surface area contributed by atoms with E-state index in [-0.39, 0.29) is 24.2 Å². The topological polar surface area (TPSA) is 85.9 Å². The minimum absolute atomic E-state index is 0.0308. The molecule has 4 rings (SSSR count). The van der Waals surface area contributed by atoms with Crippen molar-refractivity contribution in [1.82, 2.24) is 19.9 Å². The molecule has 1 amide bonds. The Hall–Kier alpha value is -3.37. The minimum atomic E-state index is -4.67. The summed E-state index contributed by atoms with van der Waals surface area (Å²) in [5.74, 6) is -0.630. The van der Waals surface area contributed by atoms with E-state index in [1.165, 1.54) is 6.33 Å². The number of anilines is 2. The second-order valence-corrected chi connectivity index (χ2v) is 7.37. The first kappa shape index (κ1) is 20.9. The Balaban J connectivity index is 1.37. The van der Waals surface area contributed by atoms with Crippen molar-refractivity contribution in [1.29, 1.82) is 0 Å². The number of aromatic nitrogens is 3. The van der Waals surface area contributed by atoms with Gasteiger partial charge >= 0.3 is 6.18 Å². The lowest BCUT2D eigenvalue weighted by atomic mass is 10.1. The van der Waals surface area contributed by atoms with Gasteiger partial charge in [-0.25, -0.2) is 14.4 Å². The van der Waals surface area contributed by atoms with E-state index in [9.17, 15) is 22.4 Å². The predicted octanol–water partition coefficient (Wildman–Crippen LogP) is 3.63. The zero-order chi connectivity index (χ0) is 22.0. The third-order valence-electron chi connectivity index (χ3n) is 5.14. The minimum Gasteiger partial charge on any atom is -0.376 e. The molecule has 3 N–H and O–H groups in total. The Kier molecular flexibility index (Phi) is 5.66. The normalized spacial score (nSPS) is 17.0. The number of carbonyl (C=O) groups is 1. The highest BCUT2D eigenvalue weighted by atomic mass is 19.4. The lowest BCUT2D eigenvalue weighted by molar-refractivity contribution is -0.137. The molecule has 1 atom stereocenters. The molecule has 7 nitrogen and oxygen atoms in total. The second-order valence-electron chi connectivity index (χ2n) is 7.37. The molecule has 31 heavy (non-hydrogen) atoms. The fourth-order valence-electron chi connectivity index (χ4n) is 3.65. The third kappa shape index (κ3) is 4.86. The molecule has 1 aromatic carbocycles. The van der Waals surface area contributed by atoms with Gasteiger partial charge in [-0.1, -0.05) is 0 Å². The molecule has 1 aliphatic heterocycles. The highest BCUT2D eigenvalue weighted by Crippen LogP contribution is 2.31. The maximum Gasteiger partial charge on any atom is 0.416 e. The van der Waals surface area contributed by atoms with Gasteiger partial charge in [-0.3, -0.25) is 4.79 Å². The summed E-state index contributed by atoms with van der Waals surface area (Å²) in [5.41, 5.74) is -0.493. The number of nitrogens with one attached hydrogen (secondary N) is 3. The number of aromatic amines is 1. The van der Waals surface area contributed by atoms with Crippen LogP contribution >= 0.6 is 0 Å². The van der Waals surface area contributed by atoms with Crippen molar-refractivity contribution in [3.63, 3.8) is 0 Å². The number of hydrogen-bond donors (Lipinski definition) is 3. The number of hydrogen-bond acceptors (Lipinski definition) is 5. The van der Waals surface area contributed by atoms with E-state index in [4.69, 9.17) is 0 Å². The van der Waals surface area contributed by atoms with Crippen molar-refractivity contribution in [3.05, 3.63) is 48.2 Å². The largest absolute Gasteiger partial charge is 0.416 e. The first-order valence-corrected chi connectivity index (χ1v) is 9.73. The van der Waals surface area contributed by atoms with Gasteiger partial charge in [-0.15, -0.1) is 0 Å². The Labute approximate surface area is 174 Å². The summed E-state index contributed by atoms with van der Waals surface area (Å²) in [6, 6.07) is 3.97. The van der Waals surface area contributed by atoms with E-state index in [1.807, 2.05) is 6.07 Å². The molecule has 0 saturated carbocycles. The number of H-pyrrole nitrogens is 1. The van der Waals surface area contributed by atoms with Crippen molar-refractivity contribution >= 4 is 28.4 Å². The summed E-state index contributed by atoms with van der Waals surface area (Å²) in [7, 11) is 0. The molecule has 3 heterocycles. The molecular formula is C20H20F4N6O. The van der Waals surface area contributed by atoms with Gasteiger partial charge in [0.1, 0.15) is 23.6 Å². The number of fused-ring (bicyclic) bond motifs is 1. The second kappa shape index (κ2) is 8.40. The lowest BCUT2D eigenvalue weighted by Gasteiger charge is -2.33. The Morgan fingerprint density at radius 2 is 2.10 bits per heavy atom. The molecule has 2 aromatic heterocycles. The molecule has 1 aliphatic rings. The number of benzene rings is 1. The van der Waals surface area contributed by atoms with Crippen molar-refractivity contribution in [2.45, 2.75) is 25.1 Å². The summed E-state index contributed by atoms with van der Waals surface area (Å²) < 4.78 is 52.1. The number of amides is 1. The molecule has 0 unspecified atom stereocenters. The first-order chi connectivity index (χ1) is 14.8. The van der Waals surface area contributed by atoms with Gasteiger partial charge in [-0.2, -0.15) is 13.2 Å². The van der Waals surface area contributed by atoms with Crippen molar-refractivity contribution in [2.75, 3.05) is 30.3 Å². The monoisotopic (exact) mass is 436 g/mol. The van der Waals surface area contributed by atoms with Crippen LogP contribution in [0.3, 0.4) is 0 Å². The molecule has 11 heteroatoms. The third-order valence-corrected chi connectivity index (χ3v) is 5.14. The summed E-state index contributed by atoms with van der Waals surface area (Å²) in [6.07, 6.45) is 0.156. The van der Waals surface area contributed by atoms with Crippen LogP contribution in [-0.2, 0) is 11.0 Å². The van der Waals surface area contributed by atoms with E-state index >= 15 is 0 Å². The average Bonchev–Trinajstić information content (AvgIpc) is 3.21. The van der Waals surface area contributed by atoms with Gasteiger partial charge in [0.05, 0.1) is 17.5 Å². The number of rotatable bonds is 5. The predicted molar refractivity (Wildman–Crippen MR) is 107 cm³/mol. The average molecular weight is 436 g/mol. The van der Waals surface area contributed by atoms with Gasteiger partial charge in [0, 0.05) is 31.0 Å².